The van der Waals surface area contributed by atoms with Gasteiger partial charge in [0.05, 0.1) is 13.3 Å². The van der Waals surface area contributed by atoms with Crippen molar-refractivity contribution in [2.24, 2.45) is 0 Å². The SMILES string of the molecule is CCCn1ncc(OC)c1C(O)C(C)(C)N(C)C. The van der Waals surface area contributed by atoms with Crippen molar-refractivity contribution < 1.29 is 9.84 Å². The van der Waals surface area contributed by atoms with Gasteiger partial charge in [-0.1, -0.05) is 6.92 Å². The van der Waals surface area contributed by atoms with E-state index in [-0.39, 0.29) is 0 Å². The summed E-state index contributed by atoms with van der Waals surface area (Å²) in [5.41, 5.74) is 0.358. The molecule has 0 amide bonds. The molecule has 5 nitrogen and oxygen atoms in total. The highest BCUT2D eigenvalue weighted by atomic mass is 16.5. The van der Waals surface area contributed by atoms with Gasteiger partial charge in [0.2, 0.25) is 0 Å². The van der Waals surface area contributed by atoms with Crippen LogP contribution in [0.4, 0.5) is 0 Å². The minimum atomic E-state index is -0.656. The van der Waals surface area contributed by atoms with Gasteiger partial charge in [-0.3, -0.25) is 4.68 Å². The lowest BCUT2D eigenvalue weighted by Gasteiger charge is -2.37. The molecule has 1 N–H and O–H groups in total. The predicted molar refractivity (Wildman–Crippen MR) is 71.8 cm³/mol. The molecule has 104 valence electrons. The molecule has 0 aromatic carbocycles. The first-order chi connectivity index (χ1) is 8.36. The van der Waals surface area contributed by atoms with Gasteiger partial charge in [0.15, 0.2) is 5.75 Å². The molecule has 1 aromatic rings. The molecule has 0 aliphatic heterocycles. The van der Waals surface area contributed by atoms with E-state index in [9.17, 15) is 5.11 Å². The second kappa shape index (κ2) is 5.71. The van der Waals surface area contributed by atoms with Crippen LogP contribution in [0.5, 0.6) is 5.75 Å². The molecule has 0 spiro atoms. The lowest BCUT2D eigenvalue weighted by atomic mass is 9.93. The zero-order valence-corrected chi connectivity index (χ0v) is 12.3. The van der Waals surface area contributed by atoms with Crippen LogP contribution in [0.3, 0.4) is 0 Å². The van der Waals surface area contributed by atoms with Crippen LogP contribution < -0.4 is 4.74 Å². The number of aryl methyl sites for hydroxylation is 1. The number of aromatic nitrogens is 2. The van der Waals surface area contributed by atoms with Crippen molar-refractivity contribution >= 4 is 0 Å². The molecule has 0 saturated heterocycles. The third-order valence-electron chi connectivity index (χ3n) is 3.58. The van der Waals surface area contributed by atoms with E-state index in [1.807, 2.05) is 37.5 Å². The summed E-state index contributed by atoms with van der Waals surface area (Å²) in [5.74, 6) is 0.644. The first-order valence-electron chi connectivity index (χ1n) is 6.31. The van der Waals surface area contributed by atoms with Gasteiger partial charge >= 0.3 is 0 Å². The number of hydrogen-bond donors (Lipinski definition) is 1. The van der Waals surface area contributed by atoms with Gasteiger partial charge in [0.1, 0.15) is 11.8 Å². The number of methoxy groups -OCH3 is 1. The lowest BCUT2D eigenvalue weighted by molar-refractivity contribution is 0.00913. The minimum Gasteiger partial charge on any atom is -0.493 e. The molecular weight excluding hydrogens is 230 g/mol. The number of likely N-dealkylation sites (N-methyl/N-ethyl adjacent to an activating group) is 1. The normalized spacial score (nSPS) is 14.0. The Morgan fingerprint density at radius 1 is 1.50 bits per heavy atom. The van der Waals surface area contributed by atoms with Crippen molar-refractivity contribution in [1.82, 2.24) is 14.7 Å². The Hall–Kier alpha value is -1.07. The zero-order chi connectivity index (χ0) is 13.9. The summed E-state index contributed by atoms with van der Waals surface area (Å²) in [7, 11) is 5.51. The molecule has 1 aromatic heterocycles. The molecule has 1 atom stereocenters. The zero-order valence-electron chi connectivity index (χ0n) is 12.3. The van der Waals surface area contributed by atoms with Gasteiger partial charge in [-0.05, 0) is 34.4 Å². The summed E-state index contributed by atoms with van der Waals surface area (Å²) in [4.78, 5) is 2.00. The number of hydrogen-bond acceptors (Lipinski definition) is 4. The average Bonchev–Trinajstić information content (AvgIpc) is 2.71. The summed E-state index contributed by atoms with van der Waals surface area (Å²) in [5, 5.41) is 14.9. The fraction of sp³-hybridized carbons (Fsp3) is 0.769. The topological polar surface area (TPSA) is 50.5 Å². The Labute approximate surface area is 109 Å². The molecular formula is C13H25N3O2. The number of ether oxygens (including phenoxy) is 1. The van der Waals surface area contributed by atoms with Gasteiger partial charge in [0, 0.05) is 12.1 Å². The average molecular weight is 255 g/mol. The summed E-state index contributed by atoms with van der Waals surface area (Å²) >= 11 is 0. The monoisotopic (exact) mass is 255 g/mol. The standard InChI is InChI=1S/C13H25N3O2/c1-7-8-16-11(10(18-6)9-14-16)12(17)13(2,3)15(4)5/h9,12,17H,7-8H2,1-6H3. The maximum absolute atomic E-state index is 10.6. The molecule has 1 unspecified atom stereocenters. The number of aliphatic hydroxyl groups is 1. The number of rotatable bonds is 6. The Bertz CT molecular complexity index is 386. The van der Waals surface area contributed by atoms with E-state index in [1.165, 1.54) is 0 Å². The Morgan fingerprint density at radius 2 is 2.11 bits per heavy atom. The van der Waals surface area contributed by atoms with Gasteiger partial charge in [0.25, 0.3) is 0 Å². The molecule has 5 heteroatoms. The van der Waals surface area contributed by atoms with Crippen molar-refractivity contribution in [3.8, 4) is 5.75 Å². The van der Waals surface area contributed by atoms with Crippen LogP contribution in [0.15, 0.2) is 6.20 Å². The minimum absolute atomic E-state index is 0.390. The van der Waals surface area contributed by atoms with Crippen molar-refractivity contribution in [2.75, 3.05) is 21.2 Å². The van der Waals surface area contributed by atoms with Crippen LogP contribution in [-0.2, 0) is 6.54 Å². The summed E-state index contributed by atoms with van der Waals surface area (Å²) in [6, 6.07) is 0. The largest absolute Gasteiger partial charge is 0.493 e. The third kappa shape index (κ3) is 2.67. The van der Waals surface area contributed by atoms with E-state index in [4.69, 9.17) is 4.74 Å². The van der Waals surface area contributed by atoms with Crippen molar-refractivity contribution in [3.63, 3.8) is 0 Å². The fourth-order valence-electron chi connectivity index (χ4n) is 1.78. The van der Waals surface area contributed by atoms with E-state index >= 15 is 0 Å². The second-order valence-electron chi connectivity index (χ2n) is 5.27. The molecule has 1 heterocycles. The first kappa shape index (κ1) is 15.0. The molecule has 18 heavy (non-hydrogen) atoms. The Morgan fingerprint density at radius 3 is 2.56 bits per heavy atom. The smallest absolute Gasteiger partial charge is 0.162 e. The van der Waals surface area contributed by atoms with Crippen LogP contribution in [0.25, 0.3) is 0 Å². The second-order valence-corrected chi connectivity index (χ2v) is 5.27. The molecule has 0 fully saturated rings. The highest BCUT2D eigenvalue weighted by Crippen LogP contribution is 2.34. The Balaban J connectivity index is 3.17. The van der Waals surface area contributed by atoms with Gasteiger partial charge in [-0.2, -0.15) is 5.10 Å². The van der Waals surface area contributed by atoms with Gasteiger partial charge < -0.3 is 14.7 Å². The van der Waals surface area contributed by atoms with Crippen LogP contribution in [-0.4, -0.2) is 46.5 Å². The quantitative estimate of drug-likeness (QED) is 0.840. The highest BCUT2D eigenvalue weighted by molar-refractivity contribution is 5.29. The van der Waals surface area contributed by atoms with E-state index in [2.05, 4.69) is 12.0 Å². The van der Waals surface area contributed by atoms with Crippen LogP contribution in [0.1, 0.15) is 39.0 Å². The molecule has 0 bridgehead atoms. The van der Waals surface area contributed by atoms with E-state index in [1.54, 1.807) is 13.3 Å². The fourth-order valence-corrected chi connectivity index (χ4v) is 1.78. The summed E-state index contributed by atoms with van der Waals surface area (Å²) < 4.78 is 7.13. The predicted octanol–water partition coefficient (Wildman–Crippen LogP) is 1.68. The van der Waals surface area contributed by atoms with E-state index in [0.29, 0.717) is 5.75 Å². The summed E-state index contributed by atoms with van der Waals surface area (Å²) in [6.45, 7) is 6.86. The molecule has 0 aliphatic rings. The highest BCUT2D eigenvalue weighted by Gasteiger charge is 2.35. The van der Waals surface area contributed by atoms with Crippen molar-refractivity contribution in [2.45, 2.75) is 45.4 Å². The number of aliphatic hydroxyl groups excluding tert-OH is 1. The molecule has 1 rings (SSSR count). The Kier molecular flexibility index (Phi) is 4.76. The molecule has 0 aliphatic carbocycles. The summed E-state index contributed by atoms with van der Waals surface area (Å²) in [6.07, 6.45) is 1.98. The van der Waals surface area contributed by atoms with Crippen molar-refractivity contribution in [3.05, 3.63) is 11.9 Å². The third-order valence-corrected chi connectivity index (χ3v) is 3.58. The van der Waals surface area contributed by atoms with Crippen LogP contribution >= 0.6 is 0 Å². The molecule has 0 radical (unpaired) electrons. The van der Waals surface area contributed by atoms with Gasteiger partial charge in [-0.15, -0.1) is 0 Å². The van der Waals surface area contributed by atoms with Crippen LogP contribution in [0, 0.1) is 0 Å². The van der Waals surface area contributed by atoms with Gasteiger partial charge in [-0.25, -0.2) is 0 Å². The lowest BCUT2D eigenvalue weighted by Crippen LogP contribution is -2.44. The maximum Gasteiger partial charge on any atom is 0.162 e. The molecule has 0 saturated carbocycles. The number of nitrogens with zero attached hydrogens (tertiary/aromatic N) is 3. The van der Waals surface area contributed by atoms with Crippen molar-refractivity contribution in [1.29, 1.82) is 0 Å². The van der Waals surface area contributed by atoms with E-state index in [0.717, 1.165) is 18.7 Å². The maximum atomic E-state index is 10.6. The van der Waals surface area contributed by atoms with E-state index < -0.39 is 11.6 Å². The first-order valence-corrected chi connectivity index (χ1v) is 6.31. The van der Waals surface area contributed by atoms with Crippen LogP contribution in [0.2, 0.25) is 0 Å².